The maximum Gasteiger partial charge on any atom is 0.143 e. The summed E-state index contributed by atoms with van der Waals surface area (Å²) in [5, 5.41) is 9.94. The summed E-state index contributed by atoms with van der Waals surface area (Å²) in [5.41, 5.74) is 17.9. The molecule has 0 N–H and O–H groups in total. The predicted molar refractivity (Wildman–Crippen MR) is 304 cm³/mol. The van der Waals surface area contributed by atoms with Crippen LogP contribution in [0.2, 0.25) is 0 Å². The van der Waals surface area contributed by atoms with E-state index in [1.807, 2.05) is 6.07 Å². The zero-order chi connectivity index (χ0) is 47.9. The Bertz CT molecular complexity index is 4150. The first-order chi connectivity index (χ1) is 35.5. The molecule has 0 bridgehead atoms. The van der Waals surface area contributed by atoms with Crippen molar-refractivity contribution in [3.8, 4) is 33.4 Å². The van der Waals surface area contributed by atoms with Gasteiger partial charge in [-0.05, 0) is 156 Å². The van der Waals surface area contributed by atoms with Crippen molar-refractivity contribution in [3.63, 3.8) is 0 Å². The van der Waals surface area contributed by atoms with Crippen molar-refractivity contribution in [1.82, 2.24) is 0 Å². The maximum atomic E-state index is 6.51. The second kappa shape index (κ2) is 16.5. The Kier molecular flexibility index (Phi) is 9.56. The van der Waals surface area contributed by atoms with Crippen LogP contribution in [0, 0.1) is 0 Å². The molecule has 1 aliphatic rings. The Morgan fingerprint density at radius 1 is 0.278 bits per heavy atom. The van der Waals surface area contributed by atoms with Crippen molar-refractivity contribution in [2.45, 2.75) is 19.3 Å². The highest BCUT2D eigenvalue weighted by Gasteiger charge is 2.37. The van der Waals surface area contributed by atoms with E-state index in [2.05, 4.69) is 272 Å². The second-order valence-electron chi connectivity index (χ2n) is 19.7. The molecule has 1 aliphatic carbocycles. The van der Waals surface area contributed by atoms with E-state index in [1.54, 1.807) is 0 Å². The number of benzene rings is 12. The van der Waals surface area contributed by atoms with Crippen LogP contribution in [-0.2, 0) is 5.41 Å². The van der Waals surface area contributed by atoms with Crippen molar-refractivity contribution in [3.05, 3.63) is 266 Å². The van der Waals surface area contributed by atoms with Gasteiger partial charge in [-0.3, -0.25) is 0 Å². The molecule has 0 fully saturated rings. The lowest BCUT2D eigenvalue weighted by molar-refractivity contribution is 0.660. The van der Waals surface area contributed by atoms with Crippen molar-refractivity contribution in [2.75, 3.05) is 9.80 Å². The number of rotatable bonds is 8. The number of fused-ring (bicyclic) bond motifs is 12. The van der Waals surface area contributed by atoms with Crippen LogP contribution in [0.4, 0.5) is 34.1 Å². The van der Waals surface area contributed by atoms with Gasteiger partial charge in [-0.2, -0.15) is 0 Å². The third-order valence-corrected chi connectivity index (χ3v) is 15.2. The topological polar surface area (TPSA) is 19.6 Å². The summed E-state index contributed by atoms with van der Waals surface area (Å²) in [4.78, 5) is 4.77. The molecule has 0 atom stereocenters. The Hall–Kier alpha value is -9.18. The molecule has 340 valence electrons. The molecule has 0 radical (unpaired) electrons. The number of hydrogen-bond acceptors (Lipinski definition) is 3. The molecule has 0 spiro atoms. The summed E-state index contributed by atoms with van der Waals surface area (Å²) in [6.45, 7) is 4.76. The maximum absolute atomic E-state index is 6.51. The predicted octanol–water partition coefficient (Wildman–Crippen LogP) is 19.6. The minimum Gasteiger partial charge on any atom is -0.455 e. The number of furan rings is 1. The second-order valence-corrected chi connectivity index (χ2v) is 19.7. The first-order valence-electron chi connectivity index (χ1n) is 24.9. The lowest BCUT2D eigenvalue weighted by Gasteiger charge is -2.29. The third kappa shape index (κ3) is 6.66. The molecule has 0 unspecified atom stereocenters. The van der Waals surface area contributed by atoms with Crippen molar-refractivity contribution >= 4 is 88.4 Å². The molecule has 12 aromatic carbocycles. The van der Waals surface area contributed by atoms with Gasteiger partial charge in [0.25, 0.3) is 0 Å². The minimum absolute atomic E-state index is 0.272. The molecule has 1 heterocycles. The lowest BCUT2D eigenvalue weighted by Crippen LogP contribution is -2.17. The molecule has 0 amide bonds. The largest absolute Gasteiger partial charge is 0.455 e. The van der Waals surface area contributed by atoms with Gasteiger partial charge >= 0.3 is 0 Å². The van der Waals surface area contributed by atoms with E-state index in [-0.39, 0.29) is 5.41 Å². The smallest absolute Gasteiger partial charge is 0.143 e. The quantitative estimate of drug-likeness (QED) is 0.142. The van der Waals surface area contributed by atoms with E-state index in [4.69, 9.17) is 4.42 Å². The van der Waals surface area contributed by atoms with Gasteiger partial charge in [-0.1, -0.05) is 184 Å². The monoisotopic (exact) mass is 920 g/mol. The zero-order valence-electron chi connectivity index (χ0n) is 40.1. The zero-order valence-corrected chi connectivity index (χ0v) is 40.1. The van der Waals surface area contributed by atoms with E-state index < -0.39 is 0 Å². The van der Waals surface area contributed by atoms with Crippen molar-refractivity contribution in [2.24, 2.45) is 0 Å². The van der Waals surface area contributed by atoms with Gasteiger partial charge in [0.2, 0.25) is 0 Å². The molecule has 3 heteroatoms. The fraction of sp³-hybridized carbons (Fsp3) is 0.0435. The van der Waals surface area contributed by atoms with E-state index in [0.717, 1.165) is 67.2 Å². The van der Waals surface area contributed by atoms with Crippen LogP contribution in [0.1, 0.15) is 25.0 Å². The molecule has 13 aromatic rings. The molecule has 1 aromatic heterocycles. The Morgan fingerprint density at radius 3 is 1.25 bits per heavy atom. The minimum atomic E-state index is -0.272. The molecule has 0 aliphatic heterocycles. The standard InChI is InChI=1S/C69H48N2O/c1-69(2)65-43-52(70(48-16-5-3-6-17-48)49-18-7-4-8-19-49)37-40-60(65)61-41-38-53(44-66(61)69)71(51-35-30-46(31-36-51)54-25-15-26-63-62-24-13-14-27-67(62)72-68(54)63)50-33-28-45(29-34-50)47-32-39-59-57-22-10-9-20-55(57)56-21-11-12-23-58(56)64(59)42-47/h3-44H,1-2H3. The first kappa shape index (κ1) is 41.8. The average molecular weight is 921 g/mol. The molecule has 0 saturated heterocycles. The highest BCUT2D eigenvalue weighted by Crippen LogP contribution is 2.53. The normalized spacial score (nSPS) is 12.7. The Morgan fingerprint density at radius 2 is 0.694 bits per heavy atom. The summed E-state index contributed by atoms with van der Waals surface area (Å²) < 4.78 is 6.51. The van der Waals surface area contributed by atoms with Crippen LogP contribution in [0.15, 0.2) is 259 Å². The van der Waals surface area contributed by atoms with Crippen LogP contribution in [0.5, 0.6) is 0 Å². The average Bonchev–Trinajstić information content (AvgIpc) is 3.93. The van der Waals surface area contributed by atoms with Gasteiger partial charge in [-0.25, -0.2) is 0 Å². The van der Waals surface area contributed by atoms with Gasteiger partial charge in [-0.15, -0.1) is 0 Å². The Labute approximate surface area is 419 Å². The fourth-order valence-corrected chi connectivity index (χ4v) is 11.7. The third-order valence-electron chi connectivity index (χ3n) is 15.2. The SMILES string of the molecule is CC1(C)c2cc(N(c3ccccc3)c3ccccc3)ccc2-c2ccc(N(c3ccc(-c4ccc5c6ccccc6c6ccccc6c5c4)cc3)c3ccc(-c4cccc5c4oc4ccccc45)cc3)cc21. The molecule has 0 saturated carbocycles. The summed E-state index contributed by atoms with van der Waals surface area (Å²) in [6, 6.07) is 92.8. The van der Waals surface area contributed by atoms with E-state index in [9.17, 15) is 0 Å². The number of nitrogens with zero attached hydrogens (tertiary/aromatic N) is 2. The van der Waals surface area contributed by atoms with Gasteiger partial charge in [0, 0.05) is 55.9 Å². The number of anilines is 6. The summed E-state index contributed by atoms with van der Waals surface area (Å²) in [6.07, 6.45) is 0. The van der Waals surface area contributed by atoms with E-state index in [1.165, 1.54) is 65.7 Å². The van der Waals surface area contributed by atoms with E-state index in [0.29, 0.717) is 0 Å². The fourth-order valence-electron chi connectivity index (χ4n) is 11.7. The summed E-state index contributed by atoms with van der Waals surface area (Å²) in [7, 11) is 0. The van der Waals surface area contributed by atoms with Crippen LogP contribution in [-0.4, -0.2) is 0 Å². The first-order valence-corrected chi connectivity index (χ1v) is 24.9. The van der Waals surface area contributed by atoms with Crippen LogP contribution in [0.25, 0.3) is 87.6 Å². The van der Waals surface area contributed by atoms with Gasteiger partial charge in [0.05, 0.1) is 0 Å². The van der Waals surface area contributed by atoms with Crippen molar-refractivity contribution < 1.29 is 4.42 Å². The number of para-hydroxylation sites is 4. The lowest BCUT2D eigenvalue weighted by atomic mass is 9.82. The molecular formula is C69H48N2O. The Balaban J connectivity index is 0.875. The van der Waals surface area contributed by atoms with Gasteiger partial charge in [0.15, 0.2) is 0 Å². The summed E-state index contributed by atoms with van der Waals surface area (Å²) in [5.74, 6) is 0. The number of hydrogen-bond donors (Lipinski definition) is 0. The van der Waals surface area contributed by atoms with Gasteiger partial charge < -0.3 is 14.2 Å². The molecule has 14 rings (SSSR count). The van der Waals surface area contributed by atoms with Crippen LogP contribution in [0.3, 0.4) is 0 Å². The molecule has 72 heavy (non-hydrogen) atoms. The van der Waals surface area contributed by atoms with E-state index >= 15 is 0 Å². The van der Waals surface area contributed by atoms with Crippen LogP contribution < -0.4 is 9.80 Å². The summed E-state index contributed by atoms with van der Waals surface area (Å²) >= 11 is 0. The van der Waals surface area contributed by atoms with Gasteiger partial charge in [0.1, 0.15) is 11.2 Å². The highest BCUT2D eigenvalue weighted by atomic mass is 16.3. The highest BCUT2D eigenvalue weighted by molar-refractivity contribution is 6.25. The van der Waals surface area contributed by atoms with Crippen molar-refractivity contribution in [1.29, 1.82) is 0 Å². The van der Waals surface area contributed by atoms with Crippen LogP contribution >= 0.6 is 0 Å². The molecular weight excluding hydrogens is 873 g/mol. The molecule has 3 nitrogen and oxygen atoms in total.